The van der Waals surface area contributed by atoms with Crippen LogP contribution in [0.25, 0.3) is 0 Å². The standard InChI is InChI=1S/C13H28O2Si/c1-6-9-16(10-7-2,11-8-3)15-13(14)12(4)5/h12H,6-11H2,1-5H3. The van der Waals surface area contributed by atoms with E-state index in [9.17, 15) is 4.79 Å². The number of rotatable bonds is 8. The van der Waals surface area contributed by atoms with Crippen molar-refractivity contribution >= 4 is 14.3 Å². The van der Waals surface area contributed by atoms with Crippen molar-refractivity contribution in [3.05, 3.63) is 0 Å². The first-order chi connectivity index (χ1) is 7.51. The van der Waals surface area contributed by atoms with Crippen molar-refractivity contribution in [1.29, 1.82) is 0 Å². The van der Waals surface area contributed by atoms with Crippen LogP contribution in [0.2, 0.25) is 18.1 Å². The van der Waals surface area contributed by atoms with Gasteiger partial charge in [-0.25, -0.2) is 0 Å². The Kier molecular flexibility index (Phi) is 7.72. The van der Waals surface area contributed by atoms with Gasteiger partial charge in [-0.1, -0.05) is 53.9 Å². The Morgan fingerprint density at radius 1 is 1.00 bits per heavy atom. The van der Waals surface area contributed by atoms with E-state index >= 15 is 0 Å². The summed E-state index contributed by atoms with van der Waals surface area (Å²) in [5.74, 6) is 0.0273. The normalized spacial score (nSPS) is 11.9. The van der Waals surface area contributed by atoms with Gasteiger partial charge in [0.05, 0.1) is 0 Å². The monoisotopic (exact) mass is 244 g/mol. The first-order valence-corrected chi connectivity index (χ1v) is 9.27. The van der Waals surface area contributed by atoms with Crippen LogP contribution >= 0.6 is 0 Å². The van der Waals surface area contributed by atoms with Gasteiger partial charge in [-0.2, -0.15) is 0 Å². The first-order valence-electron chi connectivity index (χ1n) is 6.74. The van der Waals surface area contributed by atoms with Crippen molar-refractivity contribution in [1.82, 2.24) is 0 Å². The van der Waals surface area contributed by atoms with Crippen LogP contribution in [0.5, 0.6) is 0 Å². The number of hydrogen-bond donors (Lipinski definition) is 0. The Balaban J connectivity index is 4.64. The molecule has 0 bridgehead atoms. The average Bonchev–Trinajstić information content (AvgIpc) is 2.18. The molecular weight excluding hydrogens is 216 g/mol. The van der Waals surface area contributed by atoms with Gasteiger partial charge in [0.25, 0.3) is 14.3 Å². The fraction of sp³-hybridized carbons (Fsp3) is 0.923. The van der Waals surface area contributed by atoms with Crippen LogP contribution in [0.1, 0.15) is 53.9 Å². The summed E-state index contributed by atoms with van der Waals surface area (Å²) in [7, 11) is -1.77. The maximum absolute atomic E-state index is 11.8. The molecule has 0 spiro atoms. The van der Waals surface area contributed by atoms with Gasteiger partial charge in [0, 0.05) is 5.92 Å². The molecule has 0 heterocycles. The Hall–Kier alpha value is -0.313. The van der Waals surface area contributed by atoms with Gasteiger partial charge in [0.1, 0.15) is 0 Å². The molecule has 2 nitrogen and oxygen atoms in total. The van der Waals surface area contributed by atoms with E-state index in [-0.39, 0.29) is 11.9 Å². The van der Waals surface area contributed by atoms with Crippen LogP contribution in [0, 0.1) is 5.92 Å². The molecule has 0 unspecified atom stereocenters. The van der Waals surface area contributed by atoms with E-state index in [1.54, 1.807) is 0 Å². The minimum atomic E-state index is -1.77. The molecule has 3 heteroatoms. The Morgan fingerprint density at radius 2 is 1.38 bits per heavy atom. The molecule has 0 saturated heterocycles. The van der Waals surface area contributed by atoms with Gasteiger partial charge in [-0.05, 0) is 18.1 Å². The molecule has 96 valence electrons. The summed E-state index contributed by atoms with van der Waals surface area (Å²) in [4.78, 5) is 11.8. The van der Waals surface area contributed by atoms with E-state index in [4.69, 9.17) is 4.43 Å². The summed E-state index contributed by atoms with van der Waals surface area (Å²) in [6.45, 7) is 10.4. The zero-order valence-electron chi connectivity index (χ0n) is 11.6. The first kappa shape index (κ1) is 15.7. The fourth-order valence-electron chi connectivity index (χ4n) is 2.23. The Bertz CT molecular complexity index is 185. The number of carbonyl (C=O) groups is 1. The van der Waals surface area contributed by atoms with Gasteiger partial charge in [0.2, 0.25) is 0 Å². The van der Waals surface area contributed by atoms with Gasteiger partial charge in [-0.3, -0.25) is 4.79 Å². The molecule has 0 radical (unpaired) electrons. The minimum absolute atomic E-state index is 0.0115. The highest BCUT2D eigenvalue weighted by molar-refractivity contribution is 6.75. The third-order valence-electron chi connectivity index (χ3n) is 2.91. The number of carbonyl (C=O) groups excluding carboxylic acids is 1. The predicted molar refractivity (Wildman–Crippen MR) is 72.0 cm³/mol. The zero-order valence-corrected chi connectivity index (χ0v) is 12.6. The van der Waals surface area contributed by atoms with E-state index < -0.39 is 8.32 Å². The lowest BCUT2D eigenvalue weighted by molar-refractivity contribution is -0.138. The van der Waals surface area contributed by atoms with Crippen molar-refractivity contribution in [2.45, 2.75) is 72.0 Å². The SMILES string of the molecule is CCC[Si](CCC)(CCC)OC(=O)C(C)C. The lowest BCUT2D eigenvalue weighted by Gasteiger charge is -2.31. The molecule has 0 atom stereocenters. The third-order valence-corrected chi connectivity index (χ3v) is 7.77. The Labute approximate surface area is 102 Å². The highest BCUT2D eigenvalue weighted by Gasteiger charge is 2.36. The van der Waals surface area contributed by atoms with Crippen LogP contribution in [-0.2, 0) is 9.22 Å². The maximum Gasteiger partial charge on any atom is 0.295 e. The molecule has 0 rings (SSSR count). The van der Waals surface area contributed by atoms with E-state index in [0.717, 1.165) is 37.4 Å². The highest BCUT2D eigenvalue weighted by Crippen LogP contribution is 2.28. The van der Waals surface area contributed by atoms with Crippen LogP contribution in [-0.4, -0.2) is 14.3 Å². The summed E-state index contributed by atoms with van der Waals surface area (Å²) < 4.78 is 5.92. The molecule has 16 heavy (non-hydrogen) atoms. The summed E-state index contributed by atoms with van der Waals surface area (Å²) >= 11 is 0. The van der Waals surface area contributed by atoms with Gasteiger partial charge in [-0.15, -0.1) is 0 Å². The molecule has 0 saturated carbocycles. The molecule has 0 aliphatic carbocycles. The minimum Gasteiger partial charge on any atom is -0.519 e. The van der Waals surface area contributed by atoms with Crippen molar-refractivity contribution < 1.29 is 9.22 Å². The molecule has 0 fully saturated rings. The van der Waals surface area contributed by atoms with E-state index in [1.165, 1.54) is 0 Å². The average molecular weight is 244 g/mol. The predicted octanol–water partition coefficient (Wildman–Crippen LogP) is 4.36. The van der Waals surface area contributed by atoms with Crippen LogP contribution in [0.3, 0.4) is 0 Å². The lowest BCUT2D eigenvalue weighted by Crippen LogP contribution is -2.41. The van der Waals surface area contributed by atoms with Crippen molar-refractivity contribution in [2.24, 2.45) is 5.92 Å². The third kappa shape index (κ3) is 5.15. The van der Waals surface area contributed by atoms with Crippen molar-refractivity contribution in [2.75, 3.05) is 0 Å². The zero-order chi connectivity index (χ0) is 12.6. The van der Waals surface area contributed by atoms with Gasteiger partial charge in [0.15, 0.2) is 0 Å². The fourth-order valence-corrected chi connectivity index (χ4v) is 6.68. The molecule has 0 aromatic rings. The summed E-state index contributed by atoms with van der Waals surface area (Å²) in [5, 5.41) is 0. The van der Waals surface area contributed by atoms with Gasteiger partial charge < -0.3 is 4.43 Å². The number of hydrogen-bond acceptors (Lipinski definition) is 2. The molecule has 0 aliphatic heterocycles. The van der Waals surface area contributed by atoms with Crippen molar-refractivity contribution in [3.8, 4) is 0 Å². The van der Waals surface area contributed by atoms with Gasteiger partial charge >= 0.3 is 0 Å². The van der Waals surface area contributed by atoms with E-state index in [1.807, 2.05) is 13.8 Å². The summed E-state index contributed by atoms with van der Waals surface area (Å²) in [5.41, 5.74) is 0. The second-order valence-electron chi connectivity index (χ2n) is 5.01. The molecule has 0 aromatic carbocycles. The lowest BCUT2D eigenvalue weighted by atomic mass is 10.2. The molecule has 0 aromatic heterocycles. The second kappa shape index (κ2) is 7.88. The second-order valence-corrected chi connectivity index (χ2v) is 9.08. The highest BCUT2D eigenvalue weighted by atomic mass is 28.4. The van der Waals surface area contributed by atoms with E-state index in [0.29, 0.717) is 0 Å². The quantitative estimate of drug-likeness (QED) is 0.593. The van der Waals surface area contributed by atoms with E-state index in [2.05, 4.69) is 20.8 Å². The summed E-state index contributed by atoms with van der Waals surface area (Å²) in [6.07, 6.45) is 3.41. The molecule has 0 aliphatic rings. The molecule has 0 N–H and O–H groups in total. The summed E-state index contributed by atoms with van der Waals surface area (Å²) in [6, 6.07) is 3.40. The van der Waals surface area contributed by atoms with Crippen molar-refractivity contribution in [3.63, 3.8) is 0 Å². The molecule has 0 amide bonds. The molecular formula is C13H28O2Si. The smallest absolute Gasteiger partial charge is 0.295 e. The topological polar surface area (TPSA) is 26.3 Å². The van der Waals surface area contributed by atoms with Crippen LogP contribution in [0.4, 0.5) is 0 Å². The largest absolute Gasteiger partial charge is 0.519 e. The van der Waals surface area contributed by atoms with Crippen LogP contribution < -0.4 is 0 Å². The van der Waals surface area contributed by atoms with Crippen LogP contribution in [0.15, 0.2) is 0 Å². The Morgan fingerprint density at radius 3 is 1.62 bits per heavy atom. The maximum atomic E-state index is 11.8.